The lowest BCUT2D eigenvalue weighted by atomic mass is 10.0. The predicted octanol–water partition coefficient (Wildman–Crippen LogP) is 3.96. The molecule has 4 aromatic rings. The van der Waals surface area contributed by atoms with Crippen molar-refractivity contribution >= 4 is 40.1 Å². The van der Waals surface area contributed by atoms with Crippen molar-refractivity contribution in [2.24, 2.45) is 11.8 Å². The minimum absolute atomic E-state index is 0.0117. The highest BCUT2D eigenvalue weighted by atomic mass is 35.5. The Labute approximate surface area is 234 Å². The average Bonchev–Trinajstić information content (AvgIpc) is 3.45. The molecule has 3 atom stereocenters. The van der Waals surface area contributed by atoms with Crippen LogP contribution in [-0.2, 0) is 22.7 Å². The van der Waals surface area contributed by atoms with Gasteiger partial charge >= 0.3 is 0 Å². The summed E-state index contributed by atoms with van der Waals surface area (Å²) in [6.07, 6.45) is 4.31. The van der Waals surface area contributed by atoms with E-state index in [1.807, 2.05) is 18.2 Å². The first-order chi connectivity index (χ1) is 19.2. The second-order valence-corrected chi connectivity index (χ2v) is 10.8. The van der Waals surface area contributed by atoms with E-state index in [4.69, 9.17) is 11.6 Å². The van der Waals surface area contributed by atoms with Crippen molar-refractivity contribution in [2.45, 2.75) is 39.4 Å². The quantitative estimate of drug-likeness (QED) is 0.343. The van der Waals surface area contributed by atoms with Crippen molar-refractivity contribution in [3.05, 3.63) is 76.7 Å². The van der Waals surface area contributed by atoms with Crippen LogP contribution < -0.4 is 5.32 Å². The summed E-state index contributed by atoms with van der Waals surface area (Å²) in [4.78, 5) is 49.2. The summed E-state index contributed by atoms with van der Waals surface area (Å²) in [5.74, 6) is -0.379. The number of Topliss-reactive ketones (excluding diaryl/α,β-unsaturated/α-hetero) is 1. The second-order valence-electron chi connectivity index (χ2n) is 10.4. The van der Waals surface area contributed by atoms with Gasteiger partial charge in [-0.1, -0.05) is 29.8 Å². The van der Waals surface area contributed by atoms with Crippen LogP contribution in [0.3, 0.4) is 0 Å². The molecule has 2 aliphatic rings. The van der Waals surface area contributed by atoms with E-state index in [2.05, 4.69) is 20.4 Å². The van der Waals surface area contributed by atoms with Gasteiger partial charge in [0.25, 0.3) is 0 Å². The molecule has 1 saturated carbocycles. The average molecular weight is 561 g/mol. The van der Waals surface area contributed by atoms with Crippen molar-refractivity contribution in [2.75, 3.05) is 6.54 Å². The summed E-state index contributed by atoms with van der Waals surface area (Å²) < 4.78 is 15.8. The molecule has 0 spiro atoms. The number of piperidine rings is 1. The Kier molecular flexibility index (Phi) is 6.58. The van der Waals surface area contributed by atoms with Crippen molar-refractivity contribution < 1.29 is 18.8 Å². The van der Waals surface area contributed by atoms with Crippen LogP contribution in [-0.4, -0.2) is 54.8 Å². The van der Waals surface area contributed by atoms with Gasteiger partial charge in [0.15, 0.2) is 5.78 Å². The van der Waals surface area contributed by atoms with Gasteiger partial charge in [-0.2, -0.15) is 5.10 Å². The monoisotopic (exact) mass is 560 g/mol. The molecule has 1 saturated heterocycles. The van der Waals surface area contributed by atoms with Crippen LogP contribution in [0.5, 0.6) is 0 Å². The summed E-state index contributed by atoms with van der Waals surface area (Å²) in [6.45, 7) is 3.57. The normalized spacial score (nSPS) is 19.5. The van der Waals surface area contributed by atoms with E-state index in [-0.39, 0.29) is 58.8 Å². The molecule has 0 bridgehead atoms. The Bertz CT molecular complexity index is 1670. The maximum atomic E-state index is 14.3. The number of hydrogen-bond acceptors (Lipinski definition) is 6. The Hall–Kier alpha value is -4.18. The molecule has 0 unspecified atom stereocenters. The molecule has 1 aliphatic carbocycles. The van der Waals surface area contributed by atoms with Crippen molar-refractivity contribution in [3.63, 3.8) is 0 Å². The van der Waals surface area contributed by atoms with E-state index in [0.717, 1.165) is 17.5 Å². The fourth-order valence-corrected chi connectivity index (χ4v) is 5.72. The largest absolute Gasteiger partial charge is 0.350 e. The first-order valence-corrected chi connectivity index (χ1v) is 13.4. The number of halogens is 2. The lowest BCUT2D eigenvalue weighted by Gasteiger charge is -2.27. The third kappa shape index (κ3) is 4.72. The van der Waals surface area contributed by atoms with Gasteiger partial charge in [0, 0.05) is 48.9 Å². The Morgan fingerprint density at radius 3 is 2.65 bits per heavy atom. The molecule has 2 aromatic heterocycles. The minimum atomic E-state index is -0.637. The van der Waals surface area contributed by atoms with Gasteiger partial charge in [-0.3, -0.25) is 19.1 Å². The molecule has 1 aliphatic heterocycles. The number of hydrogen-bond donors (Lipinski definition) is 1. The number of amides is 2. The molecular weight excluding hydrogens is 535 g/mol. The third-order valence-corrected chi connectivity index (χ3v) is 8.00. The fraction of sp³-hybridized carbons (Fsp3) is 0.310. The van der Waals surface area contributed by atoms with Crippen molar-refractivity contribution in [3.8, 4) is 11.1 Å². The SMILES string of the molecule is CC(=O)c1nn(CC(=O)N2C[C@H]3C[C@H]3[C@H]2C(=O)NCc2cccc(Cl)c2F)c2ccc(-c3cnc(C)nc3)cc12. The molecule has 9 nitrogen and oxygen atoms in total. The third-order valence-electron chi connectivity index (χ3n) is 7.71. The Balaban J connectivity index is 1.22. The van der Waals surface area contributed by atoms with E-state index < -0.39 is 11.9 Å². The zero-order valence-corrected chi connectivity index (χ0v) is 22.7. The number of rotatable bonds is 7. The van der Waals surface area contributed by atoms with Gasteiger partial charge in [0.2, 0.25) is 11.8 Å². The van der Waals surface area contributed by atoms with Gasteiger partial charge in [0.1, 0.15) is 29.9 Å². The molecule has 40 heavy (non-hydrogen) atoms. The molecule has 6 rings (SSSR count). The summed E-state index contributed by atoms with van der Waals surface area (Å²) >= 11 is 5.86. The molecular formula is C29H26ClFN6O3. The first kappa shape index (κ1) is 26.1. The van der Waals surface area contributed by atoms with Crippen LogP contribution in [0.4, 0.5) is 4.39 Å². The smallest absolute Gasteiger partial charge is 0.245 e. The first-order valence-electron chi connectivity index (χ1n) is 13.0. The molecule has 3 heterocycles. The fourth-order valence-electron chi connectivity index (χ4n) is 5.53. The van der Waals surface area contributed by atoms with Crippen molar-refractivity contribution in [1.82, 2.24) is 30.0 Å². The van der Waals surface area contributed by atoms with Gasteiger partial charge in [0.05, 0.1) is 10.5 Å². The van der Waals surface area contributed by atoms with Gasteiger partial charge in [-0.25, -0.2) is 14.4 Å². The Morgan fingerprint density at radius 1 is 1.12 bits per heavy atom. The number of aryl methyl sites for hydroxylation is 1. The number of likely N-dealkylation sites (tertiary alicyclic amines) is 1. The highest BCUT2D eigenvalue weighted by Gasteiger charge is 2.56. The number of nitrogens with one attached hydrogen (secondary N) is 1. The summed E-state index contributed by atoms with van der Waals surface area (Å²) in [5.41, 5.74) is 2.80. The van der Waals surface area contributed by atoms with E-state index in [1.54, 1.807) is 36.4 Å². The van der Waals surface area contributed by atoms with Crippen LogP contribution in [0.25, 0.3) is 22.0 Å². The predicted molar refractivity (Wildman–Crippen MR) is 146 cm³/mol. The second kappa shape index (κ2) is 10.1. The van der Waals surface area contributed by atoms with Crippen LogP contribution in [0, 0.1) is 24.6 Å². The number of fused-ring (bicyclic) bond motifs is 2. The van der Waals surface area contributed by atoms with E-state index in [0.29, 0.717) is 23.3 Å². The molecule has 11 heteroatoms. The van der Waals surface area contributed by atoms with Gasteiger partial charge in [-0.05, 0) is 48.9 Å². The molecule has 2 aromatic carbocycles. The molecule has 2 fully saturated rings. The van der Waals surface area contributed by atoms with Crippen LogP contribution >= 0.6 is 11.6 Å². The molecule has 0 radical (unpaired) electrons. The highest BCUT2D eigenvalue weighted by molar-refractivity contribution is 6.30. The maximum absolute atomic E-state index is 14.3. The van der Waals surface area contributed by atoms with E-state index in [1.165, 1.54) is 17.7 Å². The molecule has 1 N–H and O–H groups in total. The lowest BCUT2D eigenvalue weighted by Crippen LogP contribution is -2.49. The standard InChI is InChI=1S/C29H26ClFN6O3/c1-15(38)27-22-8-17(20-11-32-16(2)33-12-20)6-7-24(22)37(35-27)14-25(39)36-13-19-9-21(19)28(36)29(40)34-10-18-4-3-5-23(30)26(18)31/h3-8,11-12,19,21,28H,9-10,13-14H2,1-2H3,(H,34,40)/t19-,21-,28+/m1/s1. The summed E-state index contributed by atoms with van der Waals surface area (Å²) in [7, 11) is 0. The lowest BCUT2D eigenvalue weighted by molar-refractivity contribution is -0.140. The van der Waals surface area contributed by atoms with E-state index >= 15 is 0 Å². The number of carbonyl (C=O) groups excluding carboxylic acids is 3. The zero-order chi connectivity index (χ0) is 28.1. The summed E-state index contributed by atoms with van der Waals surface area (Å²) in [5, 5.41) is 7.87. The van der Waals surface area contributed by atoms with Crippen LogP contribution in [0.2, 0.25) is 5.02 Å². The van der Waals surface area contributed by atoms with E-state index in [9.17, 15) is 18.8 Å². The number of ketones is 1. The number of aromatic nitrogens is 4. The highest BCUT2D eigenvalue weighted by Crippen LogP contribution is 2.49. The molecule has 2 amide bonds. The number of nitrogens with zero attached hydrogens (tertiary/aromatic N) is 5. The number of benzene rings is 2. The zero-order valence-electron chi connectivity index (χ0n) is 21.9. The van der Waals surface area contributed by atoms with Crippen LogP contribution in [0.15, 0.2) is 48.8 Å². The number of carbonyl (C=O) groups is 3. The minimum Gasteiger partial charge on any atom is -0.350 e. The van der Waals surface area contributed by atoms with Gasteiger partial charge < -0.3 is 10.2 Å². The van der Waals surface area contributed by atoms with Gasteiger partial charge in [-0.15, -0.1) is 0 Å². The molecule has 204 valence electrons. The summed E-state index contributed by atoms with van der Waals surface area (Å²) in [6, 6.07) is 9.54. The Morgan fingerprint density at radius 2 is 1.90 bits per heavy atom. The maximum Gasteiger partial charge on any atom is 0.245 e. The van der Waals surface area contributed by atoms with Crippen molar-refractivity contribution in [1.29, 1.82) is 0 Å². The van der Waals surface area contributed by atoms with Crippen LogP contribution in [0.1, 0.15) is 35.2 Å². The topological polar surface area (TPSA) is 110 Å².